The number of ketones is 1. The van der Waals surface area contributed by atoms with E-state index in [1.807, 2.05) is 63.2 Å². The molecule has 0 aromatic heterocycles. The van der Waals surface area contributed by atoms with Crippen molar-refractivity contribution < 1.29 is 23.8 Å². The molecule has 6 nitrogen and oxygen atoms in total. The molecule has 34 heavy (non-hydrogen) atoms. The number of esters is 1. The van der Waals surface area contributed by atoms with Crippen molar-refractivity contribution in [1.82, 2.24) is 5.32 Å². The number of carbonyl (C=O) groups excluding carboxylic acids is 2. The van der Waals surface area contributed by atoms with Crippen LogP contribution in [0.25, 0.3) is 0 Å². The molecule has 176 valence electrons. The third kappa shape index (κ3) is 3.96. The van der Waals surface area contributed by atoms with Crippen molar-refractivity contribution in [2.45, 2.75) is 51.6 Å². The second-order valence-corrected chi connectivity index (χ2v) is 9.51. The minimum absolute atomic E-state index is 0.0105. The van der Waals surface area contributed by atoms with E-state index in [4.69, 9.17) is 25.8 Å². The lowest BCUT2D eigenvalue weighted by atomic mass is 9.71. The Bertz CT molecular complexity index is 1250. The summed E-state index contributed by atoms with van der Waals surface area (Å²) in [5.41, 5.74) is 4.29. The Morgan fingerprint density at radius 2 is 1.88 bits per heavy atom. The summed E-state index contributed by atoms with van der Waals surface area (Å²) in [4.78, 5) is 26.9. The maximum Gasteiger partial charge on any atom is 0.337 e. The first-order chi connectivity index (χ1) is 16.3. The zero-order chi connectivity index (χ0) is 24.0. The van der Waals surface area contributed by atoms with Gasteiger partial charge in [-0.15, -0.1) is 0 Å². The van der Waals surface area contributed by atoms with Gasteiger partial charge in [-0.05, 0) is 62.4 Å². The SMILES string of the molecule is CC1=C(C(=O)OC(C)C)[C@H](c2ccc3c(c2)OCO3)C2=C(C[C@@H](c3ccccc3Cl)CC2=O)N1. The number of Topliss-reactive ketones (excluding diaryl/α,β-unsaturated/α-hetero) is 1. The number of carbonyl (C=O) groups is 2. The second kappa shape index (κ2) is 8.84. The highest BCUT2D eigenvalue weighted by Gasteiger charge is 2.42. The van der Waals surface area contributed by atoms with Crippen LogP contribution in [-0.4, -0.2) is 24.6 Å². The van der Waals surface area contributed by atoms with Crippen LogP contribution in [0.5, 0.6) is 11.5 Å². The minimum Gasteiger partial charge on any atom is -0.460 e. The Morgan fingerprint density at radius 1 is 1.12 bits per heavy atom. The first-order valence-electron chi connectivity index (χ1n) is 11.4. The van der Waals surface area contributed by atoms with Crippen molar-refractivity contribution in [2.24, 2.45) is 0 Å². The largest absolute Gasteiger partial charge is 0.460 e. The van der Waals surface area contributed by atoms with Gasteiger partial charge in [-0.1, -0.05) is 35.9 Å². The predicted molar refractivity (Wildman–Crippen MR) is 128 cm³/mol. The van der Waals surface area contributed by atoms with Crippen molar-refractivity contribution in [2.75, 3.05) is 6.79 Å². The van der Waals surface area contributed by atoms with Crippen LogP contribution in [0.2, 0.25) is 5.02 Å². The van der Waals surface area contributed by atoms with Gasteiger partial charge < -0.3 is 19.5 Å². The summed E-state index contributed by atoms with van der Waals surface area (Å²) < 4.78 is 16.6. The molecule has 3 aliphatic rings. The van der Waals surface area contributed by atoms with Crippen LogP contribution < -0.4 is 14.8 Å². The highest BCUT2D eigenvalue weighted by atomic mass is 35.5. The lowest BCUT2D eigenvalue weighted by molar-refractivity contribution is -0.143. The van der Waals surface area contributed by atoms with E-state index in [9.17, 15) is 9.59 Å². The summed E-state index contributed by atoms with van der Waals surface area (Å²) in [7, 11) is 0. The van der Waals surface area contributed by atoms with Crippen LogP contribution in [0.15, 0.2) is 65.0 Å². The normalized spacial score (nSPS) is 21.5. The lowest BCUT2D eigenvalue weighted by Gasteiger charge is -2.37. The number of ether oxygens (including phenoxy) is 3. The summed E-state index contributed by atoms with van der Waals surface area (Å²) in [6.45, 7) is 5.62. The van der Waals surface area contributed by atoms with Crippen LogP contribution in [0.4, 0.5) is 0 Å². The first kappa shape index (κ1) is 22.5. The Kier molecular flexibility index (Phi) is 5.86. The van der Waals surface area contributed by atoms with Gasteiger partial charge in [0.05, 0.1) is 11.7 Å². The number of nitrogens with one attached hydrogen (secondary N) is 1. The van der Waals surface area contributed by atoms with Gasteiger partial charge in [-0.25, -0.2) is 4.79 Å². The highest BCUT2D eigenvalue weighted by Crippen LogP contribution is 2.48. The summed E-state index contributed by atoms with van der Waals surface area (Å²) >= 11 is 6.46. The monoisotopic (exact) mass is 479 g/mol. The molecular formula is C27H26ClNO5. The van der Waals surface area contributed by atoms with Crippen LogP contribution >= 0.6 is 11.6 Å². The minimum atomic E-state index is -0.559. The summed E-state index contributed by atoms with van der Waals surface area (Å²) in [5, 5.41) is 4.02. The molecule has 0 amide bonds. The Labute approximate surface area is 203 Å². The van der Waals surface area contributed by atoms with Crippen LogP contribution in [-0.2, 0) is 14.3 Å². The average Bonchev–Trinajstić information content (AvgIpc) is 3.25. The fourth-order valence-electron chi connectivity index (χ4n) is 5.04. The molecule has 1 aliphatic carbocycles. The smallest absolute Gasteiger partial charge is 0.337 e. The van der Waals surface area contributed by atoms with Gasteiger partial charge in [0, 0.05) is 34.3 Å². The third-order valence-electron chi connectivity index (χ3n) is 6.47. The maximum absolute atomic E-state index is 13.7. The zero-order valence-corrected chi connectivity index (χ0v) is 20.1. The average molecular weight is 480 g/mol. The molecule has 2 aliphatic heterocycles. The van der Waals surface area contributed by atoms with Gasteiger partial charge in [0.1, 0.15) is 0 Å². The van der Waals surface area contributed by atoms with Crippen molar-refractivity contribution in [3.05, 3.63) is 81.2 Å². The zero-order valence-electron chi connectivity index (χ0n) is 19.3. The van der Waals surface area contributed by atoms with E-state index in [-0.39, 0.29) is 24.6 Å². The fourth-order valence-corrected chi connectivity index (χ4v) is 5.33. The molecule has 1 N–H and O–H groups in total. The second-order valence-electron chi connectivity index (χ2n) is 9.11. The summed E-state index contributed by atoms with van der Waals surface area (Å²) in [5.74, 6) is 0.203. The number of hydrogen-bond acceptors (Lipinski definition) is 6. The predicted octanol–water partition coefficient (Wildman–Crippen LogP) is 5.38. The summed E-state index contributed by atoms with van der Waals surface area (Å²) in [6, 6.07) is 13.2. The maximum atomic E-state index is 13.7. The molecule has 0 bridgehead atoms. The van der Waals surface area contributed by atoms with E-state index in [0.29, 0.717) is 46.2 Å². The van der Waals surface area contributed by atoms with E-state index in [0.717, 1.165) is 16.8 Å². The number of rotatable bonds is 4. The standard InChI is InChI=1S/C27H26ClNO5/c1-14(2)34-27(31)24-15(3)29-20-10-17(18-6-4-5-7-19(18)28)11-21(30)26(20)25(24)16-8-9-22-23(12-16)33-13-32-22/h4-9,12,14,17,25,29H,10-11,13H2,1-3H3/t17-,25+/m1/s1. The first-order valence-corrected chi connectivity index (χ1v) is 11.8. The summed E-state index contributed by atoms with van der Waals surface area (Å²) in [6.07, 6.45) is 0.652. The number of halogens is 1. The van der Waals surface area contributed by atoms with Crippen molar-refractivity contribution in [3.63, 3.8) is 0 Å². The fraction of sp³-hybridized carbons (Fsp3) is 0.333. The number of fused-ring (bicyclic) bond motifs is 1. The van der Waals surface area contributed by atoms with Gasteiger partial charge in [0.2, 0.25) is 6.79 Å². The molecule has 2 heterocycles. The van der Waals surface area contributed by atoms with Crippen LogP contribution in [0.1, 0.15) is 56.6 Å². The van der Waals surface area contributed by atoms with Crippen LogP contribution in [0.3, 0.4) is 0 Å². The quantitative estimate of drug-likeness (QED) is 0.593. The molecule has 5 rings (SSSR count). The van der Waals surface area contributed by atoms with Crippen molar-refractivity contribution in [1.29, 1.82) is 0 Å². The topological polar surface area (TPSA) is 73.9 Å². The Morgan fingerprint density at radius 3 is 2.65 bits per heavy atom. The van der Waals surface area contributed by atoms with Gasteiger partial charge in [-0.3, -0.25) is 4.79 Å². The molecule has 0 saturated carbocycles. The number of hydrogen-bond donors (Lipinski definition) is 1. The molecular weight excluding hydrogens is 454 g/mol. The van der Waals surface area contributed by atoms with Crippen LogP contribution in [0, 0.1) is 0 Å². The van der Waals surface area contributed by atoms with Gasteiger partial charge in [0.15, 0.2) is 17.3 Å². The van der Waals surface area contributed by atoms with E-state index in [2.05, 4.69) is 5.32 Å². The lowest BCUT2D eigenvalue weighted by Crippen LogP contribution is -2.36. The molecule has 0 unspecified atom stereocenters. The highest BCUT2D eigenvalue weighted by molar-refractivity contribution is 6.31. The molecule has 2 aromatic carbocycles. The van der Waals surface area contributed by atoms with Crippen molar-refractivity contribution in [3.8, 4) is 11.5 Å². The van der Waals surface area contributed by atoms with E-state index < -0.39 is 11.9 Å². The van der Waals surface area contributed by atoms with Gasteiger partial charge in [0.25, 0.3) is 0 Å². The van der Waals surface area contributed by atoms with Crippen molar-refractivity contribution >= 4 is 23.4 Å². The van der Waals surface area contributed by atoms with Gasteiger partial charge in [-0.2, -0.15) is 0 Å². The molecule has 2 atom stereocenters. The number of dihydropyridines is 1. The number of benzene rings is 2. The van der Waals surface area contributed by atoms with E-state index >= 15 is 0 Å². The molecule has 2 aromatic rings. The molecule has 0 saturated heterocycles. The Balaban J connectivity index is 1.60. The van der Waals surface area contributed by atoms with Gasteiger partial charge >= 0.3 is 5.97 Å². The van der Waals surface area contributed by atoms with E-state index in [1.165, 1.54) is 0 Å². The number of allylic oxidation sites excluding steroid dienone is 3. The molecule has 0 radical (unpaired) electrons. The molecule has 7 heteroatoms. The molecule has 0 spiro atoms. The Hall–Kier alpha value is -3.25. The molecule has 0 fully saturated rings. The third-order valence-corrected chi connectivity index (χ3v) is 6.81. The van der Waals surface area contributed by atoms with E-state index in [1.54, 1.807) is 0 Å².